The number of hydrogen-bond donors (Lipinski definition) is 2. The lowest BCUT2D eigenvalue weighted by Gasteiger charge is -2.10. The molecule has 1 aromatic heterocycles. The van der Waals surface area contributed by atoms with Gasteiger partial charge in [0.2, 0.25) is 0 Å². The number of anilines is 1. The second kappa shape index (κ2) is 8.08. The van der Waals surface area contributed by atoms with Crippen molar-refractivity contribution >= 4 is 50.8 Å². The van der Waals surface area contributed by atoms with E-state index in [2.05, 4.69) is 26.6 Å². The molecule has 2 aromatic rings. The summed E-state index contributed by atoms with van der Waals surface area (Å²) in [4.78, 5) is 24.7. The first kappa shape index (κ1) is 17.4. The molecule has 0 radical (unpaired) electrons. The second-order valence-corrected chi connectivity index (χ2v) is 7.05. The van der Waals surface area contributed by atoms with Gasteiger partial charge in [0.05, 0.1) is 0 Å². The third-order valence-corrected chi connectivity index (χ3v) is 4.49. The van der Waals surface area contributed by atoms with Gasteiger partial charge < -0.3 is 10.6 Å². The van der Waals surface area contributed by atoms with Gasteiger partial charge in [0, 0.05) is 32.0 Å². The summed E-state index contributed by atoms with van der Waals surface area (Å²) >= 11 is 4.94. The lowest BCUT2D eigenvalue weighted by molar-refractivity contribution is 0.104. The van der Waals surface area contributed by atoms with Gasteiger partial charge in [0.15, 0.2) is 5.78 Å². The van der Waals surface area contributed by atoms with Gasteiger partial charge in [-0.1, -0.05) is 0 Å². The number of ketones is 1. The smallest absolute Gasteiger partial charge is 0.319 e. The molecule has 6 heteroatoms. The number of benzene rings is 1. The molecule has 120 valence electrons. The second-order valence-electron chi connectivity index (χ2n) is 5.20. The van der Waals surface area contributed by atoms with Crippen molar-refractivity contribution in [1.29, 1.82) is 0 Å². The van der Waals surface area contributed by atoms with Gasteiger partial charge in [-0.3, -0.25) is 4.79 Å². The number of urea groups is 1. The van der Waals surface area contributed by atoms with Crippen molar-refractivity contribution in [1.82, 2.24) is 5.32 Å². The zero-order chi connectivity index (χ0) is 16.8. The largest absolute Gasteiger partial charge is 0.336 e. The van der Waals surface area contributed by atoms with Gasteiger partial charge in [-0.2, -0.15) is 0 Å². The Kier molecular flexibility index (Phi) is 6.12. The predicted molar refractivity (Wildman–Crippen MR) is 99.1 cm³/mol. The van der Waals surface area contributed by atoms with Gasteiger partial charge in [-0.05, 0) is 72.3 Å². The van der Waals surface area contributed by atoms with Crippen LogP contribution in [-0.2, 0) is 0 Å². The Morgan fingerprint density at radius 2 is 1.91 bits per heavy atom. The van der Waals surface area contributed by atoms with Gasteiger partial charge in [0.25, 0.3) is 0 Å². The zero-order valence-electron chi connectivity index (χ0n) is 12.8. The van der Waals surface area contributed by atoms with Crippen LogP contribution in [-0.4, -0.2) is 17.9 Å². The van der Waals surface area contributed by atoms with E-state index in [4.69, 9.17) is 0 Å². The highest BCUT2D eigenvalue weighted by atomic mass is 79.9. The number of carbonyl (C=O) groups excluding carboxylic acids is 2. The minimum absolute atomic E-state index is 0.0678. The summed E-state index contributed by atoms with van der Waals surface area (Å²) in [5, 5.41) is 7.42. The van der Waals surface area contributed by atoms with Crippen LogP contribution in [0.25, 0.3) is 6.08 Å². The molecule has 0 unspecified atom stereocenters. The molecule has 23 heavy (non-hydrogen) atoms. The lowest BCUT2D eigenvalue weighted by atomic mass is 10.1. The van der Waals surface area contributed by atoms with E-state index in [0.717, 1.165) is 9.35 Å². The van der Waals surface area contributed by atoms with Crippen molar-refractivity contribution in [3.8, 4) is 0 Å². The van der Waals surface area contributed by atoms with Crippen molar-refractivity contribution in [3.05, 3.63) is 56.7 Å². The maximum absolute atomic E-state index is 12.1. The monoisotopic (exact) mass is 392 g/mol. The molecule has 0 aliphatic rings. The van der Waals surface area contributed by atoms with Crippen molar-refractivity contribution < 1.29 is 9.59 Å². The average molecular weight is 393 g/mol. The molecule has 2 N–H and O–H groups in total. The van der Waals surface area contributed by atoms with Gasteiger partial charge in [0.1, 0.15) is 0 Å². The first-order valence-electron chi connectivity index (χ1n) is 7.08. The van der Waals surface area contributed by atoms with Crippen LogP contribution in [0.3, 0.4) is 0 Å². The number of amides is 2. The van der Waals surface area contributed by atoms with Crippen LogP contribution < -0.4 is 10.6 Å². The van der Waals surface area contributed by atoms with E-state index >= 15 is 0 Å². The van der Waals surface area contributed by atoms with Crippen molar-refractivity contribution in [2.24, 2.45) is 0 Å². The van der Waals surface area contributed by atoms with Crippen LogP contribution >= 0.6 is 27.3 Å². The first-order valence-corrected chi connectivity index (χ1v) is 8.75. The van der Waals surface area contributed by atoms with Gasteiger partial charge in [-0.25, -0.2) is 4.79 Å². The maximum Gasteiger partial charge on any atom is 0.319 e. The molecular weight excluding hydrogens is 376 g/mol. The molecule has 2 rings (SSSR count). The summed E-state index contributed by atoms with van der Waals surface area (Å²) < 4.78 is 1.00. The topological polar surface area (TPSA) is 58.2 Å². The van der Waals surface area contributed by atoms with E-state index in [9.17, 15) is 9.59 Å². The molecule has 0 aliphatic heterocycles. The summed E-state index contributed by atoms with van der Waals surface area (Å²) in [5.41, 5.74) is 1.22. The van der Waals surface area contributed by atoms with Crippen molar-refractivity contribution in [3.63, 3.8) is 0 Å². The third-order valence-electron chi connectivity index (χ3n) is 2.83. The Balaban J connectivity index is 1.97. The fraction of sp³-hybridized carbons (Fsp3) is 0.176. The molecule has 0 spiro atoms. The summed E-state index contributed by atoms with van der Waals surface area (Å²) in [5.74, 6) is -0.0762. The average Bonchev–Trinajstić information content (AvgIpc) is 2.90. The third kappa shape index (κ3) is 5.65. The SMILES string of the molecule is CC(C)NC(=O)Nc1ccc(C(=O)/C=C/c2cc(Br)cs2)cc1. The molecule has 0 saturated heterocycles. The van der Waals surface area contributed by atoms with E-state index in [1.54, 1.807) is 47.8 Å². The minimum atomic E-state index is -0.262. The number of nitrogens with one attached hydrogen (secondary N) is 2. The van der Waals surface area contributed by atoms with E-state index in [1.807, 2.05) is 25.3 Å². The Hall–Kier alpha value is -1.92. The Morgan fingerprint density at radius 3 is 2.48 bits per heavy atom. The fourth-order valence-corrected chi connectivity index (χ4v) is 3.15. The molecular formula is C17H17BrN2O2S. The molecule has 0 bridgehead atoms. The molecule has 2 amide bonds. The van der Waals surface area contributed by atoms with E-state index < -0.39 is 0 Å². The van der Waals surface area contributed by atoms with Gasteiger partial charge >= 0.3 is 6.03 Å². The number of halogens is 1. The summed E-state index contributed by atoms with van der Waals surface area (Å²) in [7, 11) is 0. The maximum atomic E-state index is 12.1. The van der Waals surface area contributed by atoms with E-state index in [-0.39, 0.29) is 17.9 Å². The summed E-state index contributed by atoms with van der Waals surface area (Å²) in [6.45, 7) is 3.78. The quantitative estimate of drug-likeness (QED) is 0.559. The zero-order valence-corrected chi connectivity index (χ0v) is 15.2. The van der Waals surface area contributed by atoms with Crippen LogP contribution in [0, 0.1) is 0 Å². The first-order chi connectivity index (χ1) is 10.9. The van der Waals surface area contributed by atoms with E-state index in [0.29, 0.717) is 11.3 Å². The highest BCUT2D eigenvalue weighted by Crippen LogP contribution is 2.21. The normalized spacial score (nSPS) is 11.0. The number of rotatable bonds is 5. The highest BCUT2D eigenvalue weighted by molar-refractivity contribution is 9.10. The Morgan fingerprint density at radius 1 is 1.22 bits per heavy atom. The fourth-order valence-electron chi connectivity index (χ4n) is 1.82. The number of hydrogen-bond acceptors (Lipinski definition) is 3. The summed E-state index contributed by atoms with van der Waals surface area (Å²) in [6.07, 6.45) is 3.34. The van der Waals surface area contributed by atoms with Crippen LogP contribution in [0.15, 0.2) is 46.3 Å². The van der Waals surface area contributed by atoms with Crippen molar-refractivity contribution in [2.75, 3.05) is 5.32 Å². The molecule has 0 atom stereocenters. The molecule has 0 aliphatic carbocycles. The van der Waals surface area contributed by atoms with Crippen LogP contribution in [0.5, 0.6) is 0 Å². The highest BCUT2D eigenvalue weighted by Gasteiger charge is 2.05. The van der Waals surface area contributed by atoms with Crippen molar-refractivity contribution in [2.45, 2.75) is 19.9 Å². The van der Waals surface area contributed by atoms with E-state index in [1.165, 1.54) is 0 Å². The summed E-state index contributed by atoms with van der Waals surface area (Å²) in [6, 6.07) is 8.57. The molecule has 1 heterocycles. The Labute approximate surface area is 147 Å². The number of carbonyl (C=O) groups is 2. The molecule has 0 saturated carbocycles. The van der Waals surface area contributed by atoms with Crippen LogP contribution in [0.4, 0.5) is 10.5 Å². The van der Waals surface area contributed by atoms with Crippen LogP contribution in [0.2, 0.25) is 0 Å². The minimum Gasteiger partial charge on any atom is -0.336 e. The Bertz CT molecular complexity index is 720. The molecule has 0 fully saturated rings. The van der Waals surface area contributed by atoms with Gasteiger partial charge in [-0.15, -0.1) is 11.3 Å². The lowest BCUT2D eigenvalue weighted by Crippen LogP contribution is -2.34. The predicted octanol–water partition coefficient (Wildman–Crippen LogP) is 4.94. The molecule has 4 nitrogen and oxygen atoms in total. The van der Waals surface area contributed by atoms with Crippen LogP contribution in [0.1, 0.15) is 29.1 Å². The number of allylic oxidation sites excluding steroid dienone is 1. The molecule has 1 aromatic carbocycles. The standard InChI is InChI=1S/C17H17BrN2O2S/c1-11(2)19-17(22)20-14-5-3-12(4-6-14)16(21)8-7-15-9-13(18)10-23-15/h3-11H,1-2H3,(H2,19,20,22)/b8-7+. The number of thiophene rings is 1.